The molecule has 2 amide bonds. The van der Waals surface area contributed by atoms with Crippen LogP contribution in [0.1, 0.15) is 54.9 Å². The number of likely N-dealkylation sites (tertiary alicyclic amines) is 1. The van der Waals surface area contributed by atoms with E-state index in [0.29, 0.717) is 30.6 Å². The molecule has 1 aliphatic rings. The zero-order valence-electron chi connectivity index (χ0n) is 13.2. The van der Waals surface area contributed by atoms with E-state index in [1.165, 1.54) is 12.1 Å². The van der Waals surface area contributed by atoms with Crippen molar-refractivity contribution in [1.29, 1.82) is 0 Å². The van der Waals surface area contributed by atoms with Crippen molar-refractivity contribution in [2.24, 2.45) is 0 Å². The minimum Gasteiger partial charge on any atom is -0.352 e. The zero-order chi connectivity index (χ0) is 16.1. The number of amides is 2. The second kappa shape index (κ2) is 7.38. The zero-order valence-corrected chi connectivity index (χ0v) is 13.2. The van der Waals surface area contributed by atoms with E-state index in [1.54, 1.807) is 6.07 Å². The van der Waals surface area contributed by atoms with Gasteiger partial charge in [-0.3, -0.25) is 9.59 Å². The van der Waals surface area contributed by atoms with Crippen LogP contribution in [0.2, 0.25) is 0 Å². The lowest BCUT2D eigenvalue weighted by Crippen LogP contribution is -2.30. The van der Waals surface area contributed by atoms with E-state index < -0.39 is 0 Å². The summed E-state index contributed by atoms with van der Waals surface area (Å²) in [5, 5.41) is 2.82. The maximum Gasteiger partial charge on any atom is 0.251 e. The first-order valence-corrected chi connectivity index (χ1v) is 7.84. The molecule has 1 fully saturated rings. The molecule has 1 aliphatic heterocycles. The van der Waals surface area contributed by atoms with Crippen LogP contribution in [0.15, 0.2) is 18.2 Å². The standard InChI is InChI=1S/C17H23FN2O2/c1-12(2)14-11-13(6-7-15(14)18)17(22)19-8-4-10-20-9-3-5-16(20)21/h6-7,11-12H,3-5,8-10H2,1-2H3,(H,19,22). The van der Waals surface area contributed by atoms with Crippen molar-refractivity contribution in [3.05, 3.63) is 35.1 Å². The van der Waals surface area contributed by atoms with Gasteiger partial charge in [-0.05, 0) is 42.5 Å². The number of nitrogens with zero attached hydrogens (tertiary/aromatic N) is 1. The molecule has 2 rings (SSSR count). The Morgan fingerprint density at radius 1 is 1.41 bits per heavy atom. The molecule has 1 aromatic rings. The molecular weight excluding hydrogens is 283 g/mol. The first-order chi connectivity index (χ1) is 10.5. The average molecular weight is 306 g/mol. The Morgan fingerprint density at radius 2 is 2.18 bits per heavy atom. The fraction of sp³-hybridized carbons (Fsp3) is 0.529. The van der Waals surface area contributed by atoms with Crippen molar-refractivity contribution in [2.75, 3.05) is 19.6 Å². The first-order valence-electron chi connectivity index (χ1n) is 7.84. The predicted molar refractivity (Wildman–Crippen MR) is 83.3 cm³/mol. The van der Waals surface area contributed by atoms with Crippen LogP contribution in [0.3, 0.4) is 0 Å². The molecule has 0 bridgehead atoms. The highest BCUT2D eigenvalue weighted by molar-refractivity contribution is 5.94. The van der Waals surface area contributed by atoms with Crippen LogP contribution in [0.4, 0.5) is 4.39 Å². The Balaban J connectivity index is 1.82. The predicted octanol–water partition coefficient (Wildman–Crippen LogP) is 2.69. The summed E-state index contributed by atoms with van der Waals surface area (Å²) in [6, 6.07) is 4.45. The molecule has 5 heteroatoms. The highest BCUT2D eigenvalue weighted by Crippen LogP contribution is 2.19. The lowest BCUT2D eigenvalue weighted by Gasteiger charge is -2.15. The molecule has 0 atom stereocenters. The molecule has 1 saturated heterocycles. The smallest absolute Gasteiger partial charge is 0.251 e. The van der Waals surface area contributed by atoms with Crippen molar-refractivity contribution in [3.8, 4) is 0 Å². The summed E-state index contributed by atoms with van der Waals surface area (Å²) >= 11 is 0. The van der Waals surface area contributed by atoms with Gasteiger partial charge in [-0.1, -0.05) is 13.8 Å². The second-order valence-corrected chi connectivity index (χ2v) is 5.98. The number of nitrogens with one attached hydrogen (secondary N) is 1. The van der Waals surface area contributed by atoms with Crippen LogP contribution in [-0.2, 0) is 4.79 Å². The van der Waals surface area contributed by atoms with Crippen LogP contribution < -0.4 is 5.32 Å². The minimum atomic E-state index is -0.279. The van der Waals surface area contributed by atoms with Gasteiger partial charge in [-0.2, -0.15) is 0 Å². The van der Waals surface area contributed by atoms with Crippen molar-refractivity contribution in [1.82, 2.24) is 10.2 Å². The molecule has 22 heavy (non-hydrogen) atoms. The van der Waals surface area contributed by atoms with Crippen molar-refractivity contribution in [3.63, 3.8) is 0 Å². The molecule has 4 nitrogen and oxygen atoms in total. The Hall–Kier alpha value is -1.91. The van der Waals surface area contributed by atoms with Gasteiger partial charge < -0.3 is 10.2 Å². The molecule has 120 valence electrons. The fourth-order valence-corrected chi connectivity index (χ4v) is 2.64. The number of hydrogen-bond acceptors (Lipinski definition) is 2. The van der Waals surface area contributed by atoms with E-state index >= 15 is 0 Å². The first kappa shape index (κ1) is 16.5. The Bertz CT molecular complexity index is 558. The minimum absolute atomic E-state index is 0.0360. The Labute approximate surface area is 130 Å². The van der Waals surface area contributed by atoms with E-state index in [4.69, 9.17) is 0 Å². The monoisotopic (exact) mass is 306 g/mol. The highest BCUT2D eigenvalue weighted by atomic mass is 19.1. The van der Waals surface area contributed by atoms with Gasteiger partial charge in [0.05, 0.1) is 0 Å². The van der Waals surface area contributed by atoms with Gasteiger partial charge in [0.25, 0.3) is 5.91 Å². The second-order valence-electron chi connectivity index (χ2n) is 5.98. The fourth-order valence-electron chi connectivity index (χ4n) is 2.64. The molecule has 0 unspecified atom stereocenters. The van der Waals surface area contributed by atoms with Crippen LogP contribution >= 0.6 is 0 Å². The van der Waals surface area contributed by atoms with Crippen molar-refractivity contribution < 1.29 is 14.0 Å². The van der Waals surface area contributed by atoms with Crippen molar-refractivity contribution in [2.45, 2.75) is 39.0 Å². The van der Waals surface area contributed by atoms with Gasteiger partial charge in [0.1, 0.15) is 5.82 Å². The normalized spacial score (nSPS) is 14.7. The van der Waals surface area contributed by atoms with Gasteiger partial charge in [0.2, 0.25) is 5.91 Å². The average Bonchev–Trinajstić information content (AvgIpc) is 2.89. The third-order valence-corrected chi connectivity index (χ3v) is 3.94. The van der Waals surface area contributed by atoms with Crippen LogP contribution in [-0.4, -0.2) is 36.3 Å². The van der Waals surface area contributed by atoms with Crippen molar-refractivity contribution >= 4 is 11.8 Å². The van der Waals surface area contributed by atoms with Crippen LogP contribution in [0.5, 0.6) is 0 Å². The third-order valence-electron chi connectivity index (χ3n) is 3.94. The number of carbonyl (C=O) groups is 2. The van der Waals surface area contributed by atoms with Gasteiger partial charge in [-0.25, -0.2) is 4.39 Å². The summed E-state index contributed by atoms with van der Waals surface area (Å²) < 4.78 is 13.6. The number of hydrogen-bond donors (Lipinski definition) is 1. The molecule has 0 saturated carbocycles. The molecule has 0 aliphatic carbocycles. The topological polar surface area (TPSA) is 49.4 Å². The molecule has 1 aromatic carbocycles. The third kappa shape index (κ3) is 4.06. The molecule has 1 N–H and O–H groups in total. The summed E-state index contributed by atoms with van der Waals surface area (Å²) in [7, 11) is 0. The molecule has 0 aromatic heterocycles. The lowest BCUT2D eigenvalue weighted by atomic mass is 10.00. The maximum atomic E-state index is 13.6. The lowest BCUT2D eigenvalue weighted by molar-refractivity contribution is -0.127. The van der Waals surface area contributed by atoms with Crippen LogP contribution in [0, 0.1) is 5.82 Å². The van der Waals surface area contributed by atoms with Crippen LogP contribution in [0.25, 0.3) is 0 Å². The van der Waals surface area contributed by atoms with Gasteiger partial charge in [-0.15, -0.1) is 0 Å². The summed E-state index contributed by atoms with van der Waals surface area (Å²) in [4.78, 5) is 25.4. The molecule has 0 spiro atoms. The summed E-state index contributed by atoms with van der Waals surface area (Å²) in [6.07, 6.45) is 2.30. The molecular formula is C17H23FN2O2. The SMILES string of the molecule is CC(C)c1cc(C(=O)NCCCN2CCCC2=O)ccc1F. The summed E-state index contributed by atoms with van der Waals surface area (Å²) in [5.74, 6) is -0.242. The van der Waals surface area contributed by atoms with E-state index in [2.05, 4.69) is 5.32 Å². The maximum absolute atomic E-state index is 13.6. The number of carbonyl (C=O) groups excluding carboxylic acids is 2. The number of rotatable bonds is 6. The Morgan fingerprint density at radius 3 is 2.82 bits per heavy atom. The van der Waals surface area contributed by atoms with E-state index in [9.17, 15) is 14.0 Å². The molecule has 1 heterocycles. The molecule has 0 radical (unpaired) electrons. The Kier molecular flexibility index (Phi) is 5.52. The summed E-state index contributed by atoms with van der Waals surface area (Å²) in [6.45, 7) is 5.81. The van der Waals surface area contributed by atoms with E-state index in [1.807, 2.05) is 18.7 Å². The number of halogens is 1. The quantitative estimate of drug-likeness (QED) is 0.822. The summed E-state index contributed by atoms with van der Waals surface area (Å²) in [5.41, 5.74) is 1.03. The number of benzene rings is 1. The van der Waals surface area contributed by atoms with Gasteiger partial charge in [0, 0.05) is 31.6 Å². The largest absolute Gasteiger partial charge is 0.352 e. The van der Waals surface area contributed by atoms with Gasteiger partial charge in [0.15, 0.2) is 0 Å². The van der Waals surface area contributed by atoms with E-state index in [-0.39, 0.29) is 23.5 Å². The van der Waals surface area contributed by atoms with E-state index in [0.717, 1.165) is 19.4 Å². The highest BCUT2D eigenvalue weighted by Gasteiger charge is 2.19. The van der Waals surface area contributed by atoms with Gasteiger partial charge >= 0.3 is 0 Å².